The van der Waals surface area contributed by atoms with Crippen LogP contribution in [0.3, 0.4) is 0 Å². The summed E-state index contributed by atoms with van der Waals surface area (Å²) in [6.07, 6.45) is 2.43. The number of halogens is 1. The molecule has 0 radical (unpaired) electrons. The fourth-order valence-corrected chi connectivity index (χ4v) is 1.29. The highest BCUT2D eigenvalue weighted by molar-refractivity contribution is 5.85. The molecule has 0 bridgehead atoms. The topological polar surface area (TPSA) is 46.2 Å². The number of aryl methyl sites for hydroxylation is 1. The molecule has 14 heavy (non-hydrogen) atoms. The first-order chi connectivity index (χ1) is 6.20. The predicted molar refractivity (Wildman–Crippen MR) is 61.9 cm³/mol. The molecule has 0 saturated carbocycles. The lowest BCUT2D eigenvalue weighted by atomic mass is 10.0. The summed E-state index contributed by atoms with van der Waals surface area (Å²) >= 11 is 0. The molecule has 0 aliphatic carbocycles. The Hall–Kier alpha value is -0.990. The van der Waals surface area contributed by atoms with Gasteiger partial charge in [0.15, 0.2) is 0 Å². The van der Waals surface area contributed by atoms with Crippen LogP contribution in [0.4, 0.5) is 0 Å². The molecule has 0 aliphatic heterocycles. The van der Waals surface area contributed by atoms with E-state index < -0.39 is 0 Å². The van der Waals surface area contributed by atoms with Crippen LogP contribution >= 0.6 is 12.4 Å². The van der Waals surface area contributed by atoms with Gasteiger partial charge in [0.25, 0.3) is 0 Å². The first-order valence-electron chi connectivity index (χ1n) is 4.39. The number of hydrogen-bond donors (Lipinski definition) is 2. The van der Waals surface area contributed by atoms with Crippen molar-refractivity contribution in [3.8, 4) is 5.75 Å². The number of para-hydroxylation sites is 1. The van der Waals surface area contributed by atoms with Gasteiger partial charge in [0.2, 0.25) is 0 Å². The minimum atomic E-state index is -0.286. The van der Waals surface area contributed by atoms with Crippen molar-refractivity contribution in [2.75, 3.05) is 0 Å². The Morgan fingerprint density at radius 3 is 2.71 bits per heavy atom. The van der Waals surface area contributed by atoms with Crippen LogP contribution in [0.1, 0.15) is 24.1 Å². The van der Waals surface area contributed by atoms with Gasteiger partial charge in [-0.25, -0.2) is 0 Å². The van der Waals surface area contributed by atoms with Crippen LogP contribution in [0.2, 0.25) is 0 Å². The molecule has 0 saturated heterocycles. The number of hydrogen-bond acceptors (Lipinski definition) is 2. The lowest BCUT2D eigenvalue weighted by Gasteiger charge is -2.11. The molecule has 0 amide bonds. The van der Waals surface area contributed by atoms with E-state index in [1.54, 1.807) is 6.08 Å². The third kappa shape index (κ3) is 2.50. The maximum atomic E-state index is 9.76. The standard InChI is InChI=1S/C11H15NO.ClH/c1-3-8-6-5-7-9(11(8)13)10(12)4-2;/h4-7,10,13H,2-3,12H2,1H3;1H/t10-;/m1./s1. The van der Waals surface area contributed by atoms with Crippen molar-refractivity contribution in [1.82, 2.24) is 0 Å². The molecule has 78 valence electrons. The van der Waals surface area contributed by atoms with E-state index >= 15 is 0 Å². The average molecular weight is 214 g/mol. The van der Waals surface area contributed by atoms with Gasteiger partial charge in [-0.2, -0.15) is 0 Å². The summed E-state index contributed by atoms with van der Waals surface area (Å²) in [5.41, 5.74) is 7.41. The van der Waals surface area contributed by atoms with Crippen LogP contribution in [0, 0.1) is 0 Å². The molecule has 0 heterocycles. The highest BCUT2D eigenvalue weighted by Crippen LogP contribution is 2.27. The molecule has 0 unspecified atom stereocenters. The van der Waals surface area contributed by atoms with E-state index in [1.165, 1.54) is 0 Å². The maximum Gasteiger partial charge on any atom is 0.123 e. The Balaban J connectivity index is 0.00000169. The predicted octanol–water partition coefficient (Wildman–Crippen LogP) is 2.56. The monoisotopic (exact) mass is 213 g/mol. The summed E-state index contributed by atoms with van der Waals surface area (Å²) in [5.74, 6) is 0.303. The lowest BCUT2D eigenvalue weighted by molar-refractivity contribution is 0.459. The third-order valence-electron chi connectivity index (χ3n) is 2.14. The second-order valence-electron chi connectivity index (χ2n) is 2.97. The first kappa shape index (κ1) is 13.0. The summed E-state index contributed by atoms with van der Waals surface area (Å²) in [6.45, 7) is 5.60. The van der Waals surface area contributed by atoms with Crippen molar-refractivity contribution in [2.45, 2.75) is 19.4 Å². The van der Waals surface area contributed by atoms with Crippen LogP contribution in [-0.4, -0.2) is 5.11 Å². The van der Waals surface area contributed by atoms with Crippen molar-refractivity contribution in [2.24, 2.45) is 5.73 Å². The molecule has 0 fully saturated rings. The van der Waals surface area contributed by atoms with E-state index in [9.17, 15) is 5.11 Å². The molecule has 1 atom stereocenters. The number of benzene rings is 1. The van der Waals surface area contributed by atoms with Gasteiger partial charge in [-0.05, 0) is 12.0 Å². The van der Waals surface area contributed by atoms with Gasteiger partial charge in [-0.3, -0.25) is 0 Å². The molecule has 1 aromatic carbocycles. The first-order valence-corrected chi connectivity index (χ1v) is 4.39. The van der Waals surface area contributed by atoms with Crippen molar-refractivity contribution >= 4 is 12.4 Å². The molecule has 2 nitrogen and oxygen atoms in total. The van der Waals surface area contributed by atoms with Gasteiger partial charge in [-0.15, -0.1) is 19.0 Å². The molecule has 1 aromatic rings. The Kier molecular flexibility index (Phi) is 5.28. The van der Waals surface area contributed by atoms with E-state index in [2.05, 4.69) is 6.58 Å². The minimum Gasteiger partial charge on any atom is -0.507 e. The van der Waals surface area contributed by atoms with Crippen molar-refractivity contribution in [3.63, 3.8) is 0 Å². The lowest BCUT2D eigenvalue weighted by Crippen LogP contribution is -2.07. The smallest absolute Gasteiger partial charge is 0.123 e. The van der Waals surface area contributed by atoms with Crippen molar-refractivity contribution in [3.05, 3.63) is 42.0 Å². The van der Waals surface area contributed by atoms with Gasteiger partial charge >= 0.3 is 0 Å². The number of rotatable bonds is 3. The largest absolute Gasteiger partial charge is 0.507 e. The summed E-state index contributed by atoms with van der Waals surface area (Å²) in [4.78, 5) is 0. The number of phenolic OH excluding ortho intramolecular Hbond substituents is 1. The number of phenols is 1. The van der Waals surface area contributed by atoms with E-state index in [0.717, 1.165) is 17.5 Å². The van der Waals surface area contributed by atoms with E-state index in [4.69, 9.17) is 5.73 Å². The zero-order valence-corrected chi connectivity index (χ0v) is 9.05. The third-order valence-corrected chi connectivity index (χ3v) is 2.14. The average Bonchev–Trinajstić information content (AvgIpc) is 2.17. The normalized spacial score (nSPS) is 11.6. The summed E-state index contributed by atoms with van der Waals surface area (Å²) in [6, 6.07) is 5.33. The highest BCUT2D eigenvalue weighted by Gasteiger charge is 2.09. The Morgan fingerprint density at radius 2 is 2.21 bits per heavy atom. The van der Waals surface area contributed by atoms with Crippen LogP contribution < -0.4 is 5.73 Å². The zero-order valence-electron chi connectivity index (χ0n) is 8.23. The second kappa shape index (κ2) is 5.68. The Bertz CT molecular complexity index is 312. The summed E-state index contributed by atoms with van der Waals surface area (Å²) in [5, 5.41) is 9.76. The van der Waals surface area contributed by atoms with Crippen LogP contribution in [0.25, 0.3) is 0 Å². The molecular formula is C11H16ClNO. The van der Waals surface area contributed by atoms with Crippen molar-refractivity contribution in [1.29, 1.82) is 0 Å². The Labute approximate surface area is 90.9 Å². The number of aromatic hydroxyl groups is 1. The molecule has 1 rings (SSSR count). The molecular weight excluding hydrogens is 198 g/mol. The van der Waals surface area contributed by atoms with Crippen LogP contribution in [-0.2, 0) is 6.42 Å². The molecule has 3 heteroatoms. The van der Waals surface area contributed by atoms with E-state index in [1.807, 2.05) is 25.1 Å². The fraction of sp³-hybridized carbons (Fsp3) is 0.273. The molecule has 0 aromatic heterocycles. The summed E-state index contributed by atoms with van der Waals surface area (Å²) < 4.78 is 0. The maximum absolute atomic E-state index is 9.76. The van der Waals surface area contributed by atoms with Gasteiger partial charge in [0.05, 0.1) is 6.04 Å². The Morgan fingerprint density at radius 1 is 1.57 bits per heavy atom. The molecule has 3 N–H and O–H groups in total. The van der Waals surface area contributed by atoms with Gasteiger partial charge in [0, 0.05) is 5.56 Å². The highest BCUT2D eigenvalue weighted by atomic mass is 35.5. The summed E-state index contributed by atoms with van der Waals surface area (Å²) in [7, 11) is 0. The molecule has 0 aliphatic rings. The quantitative estimate of drug-likeness (QED) is 0.759. The van der Waals surface area contributed by atoms with Gasteiger partial charge < -0.3 is 10.8 Å². The van der Waals surface area contributed by atoms with E-state index in [0.29, 0.717) is 5.75 Å². The van der Waals surface area contributed by atoms with Crippen LogP contribution in [0.5, 0.6) is 5.75 Å². The fourth-order valence-electron chi connectivity index (χ4n) is 1.29. The number of nitrogens with two attached hydrogens (primary N) is 1. The van der Waals surface area contributed by atoms with Gasteiger partial charge in [-0.1, -0.05) is 31.2 Å². The van der Waals surface area contributed by atoms with Crippen LogP contribution in [0.15, 0.2) is 30.9 Å². The van der Waals surface area contributed by atoms with Crippen molar-refractivity contribution < 1.29 is 5.11 Å². The minimum absolute atomic E-state index is 0. The van der Waals surface area contributed by atoms with E-state index in [-0.39, 0.29) is 18.4 Å². The zero-order chi connectivity index (χ0) is 9.84. The van der Waals surface area contributed by atoms with Gasteiger partial charge in [0.1, 0.15) is 5.75 Å². The SMILES string of the molecule is C=C[C@@H](N)c1cccc(CC)c1O.Cl. The second-order valence-corrected chi connectivity index (χ2v) is 2.97. The molecule has 0 spiro atoms.